The highest BCUT2D eigenvalue weighted by Gasteiger charge is 2.05. The molecule has 6 nitrogen and oxygen atoms in total. The molecule has 0 aliphatic carbocycles. The first-order chi connectivity index (χ1) is 11.0. The summed E-state index contributed by atoms with van der Waals surface area (Å²) in [5, 5.41) is 13.3. The molecule has 1 N–H and O–H groups in total. The molecule has 0 saturated carbocycles. The second-order valence-electron chi connectivity index (χ2n) is 4.81. The van der Waals surface area contributed by atoms with Crippen LogP contribution in [0.15, 0.2) is 54.6 Å². The number of nitrogens with zero attached hydrogens (tertiary/aromatic N) is 1. The third-order valence-electron chi connectivity index (χ3n) is 3.00. The largest absolute Gasteiger partial charge is 0.326 e. The van der Waals surface area contributed by atoms with Gasteiger partial charge in [-0.05, 0) is 35.9 Å². The van der Waals surface area contributed by atoms with E-state index < -0.39 is 4.92 Å². The van der Waals surface area contributed by atoms with E-state index in [0.29, 0.717) is 16.8 Å². The third-order valence-corrected chi connectivity index (χ3v) is 3.00. The Balaban J connectivity index is 2.10. The van der Waals surface area contributed by atoms with Crippen molar-refractivity contribution in [3.8, 4) is 0 Å². The lowest BCUT2D eigenvalue weighted by Crippen LogP contribution is -2.05. The molecular formula is C17H14N2O4. The van der Waals surface area contributed by atoms with Crippen LogP contribution in [0.3, 0.4) is 0 Å². The number of nitro benzene ring substituents is 1. The molecule has 116 valence electrons. The molecule has 2 rings (SSSR count). The second kappa shape index (κ2) is 7.13. The summed E-state index contributed by atoms with van der Waals surface area (Å²) in [6.07, 6.45) is 2.88. The number of nitrogens with one attached hydrogen (secondary N) is 1. The molecule has 0 aliphatic heterocycles. The molecule has 0 spiro atoms. The molecule has 0 radical (unpaired) electrons. The van der Waals surface area contributed by atoms with Crippen LogP contribution in [0.25, 0.3) is 6.08 Å². The maximum atomic E-state index is 12.1. The molecule has 2 aromatic rings. The molecule has 0 bridgehead atoms. The summed E-state index contributed by atoms with van der Waals surface area (Å²) in [7, 11) is 0. The van der Waals surface area contributed by atoms with Gasteiger partial charge in [-0.15, -0.1) is 0 Å². The van der Waals surface area contributed by atoms with Crippen molar-refractivity contribution < 1.29 is 14.5 Å². The first kappa shape index (κ1) is 16.1. The Morgan fingerprint density at radius 3 is 2.43 bits per heavy atom. The maximum Gasteiger partial charge on any atom is 0.270 e. The van der Waals surface area contributed by atoms with Crippen molar-refractivity contribution in [1.29, 1.82) is 0 Å². The number of benzene rings is 2. The van der Waals surface area contributed by atoms with Gasteiger partial charge < -0.3 is 5.32 Å². The Morgan fingerprint density at radius 2 is 1.83 bits per heavy atom. The van der Waals surface area contributed by atoms with Gasteiger partial charge in [0.15, 0.2) is 5.78 Å². The molecule has 23 heavy (non-hydrogen) atoms. The van der Waals surface area contributed by atoms with E-state index in [0.717, 1.165) is 0 Å². The van der Waals surface area contributed by atoms with Crippen molar-refractivity contribution in [2.75, 3.05) is 5.32 Å². The number of carbonyl (C=O) groups is 2. The predicted molar refractivity (Wildman–Crippen MR) is 87.2 cm³/mol. The van der Waals surface area contributed by atoms with E-state index in [2.05, 4.69) is 5.32 Å². The SMILES string of the molecule is CC(=O)Nc1ccc(C(=O)C=Cc2cccc([N+](=O)[O-])c2)cc1. The highest BCUT2D eigenvalue weighted by molar-refractivity contribution is 6.07. The minimum atomic E-state index is -0.486. The number of carbonyl (C=O) groups excluding carboxylic acids is 2. The Hall–Kier alpha value is -3.28. The van der Waals surface area contributed by atoms with Gasteiger partial charge in [0.25, 0.3) is 5.69 Å². The van der Waals surface area contributed by atoms with Gasteiger partial charge in [-0.1, -0.05) is 18.2 Å². The molecule has 2 aromatic carbocycles. The Kier molecular flexibility index (Phi) is 4.99. The van der Waals surface area contributed by atoms with E-state index in [4.69, 9.17) is 0 Å². The van der Waals surface area contributed by atoms with Gasteiger partial charge in [0.05, 0.1) is 4.92 Å². The number of nitro groups is 1. The lowest BCUT2D eigenvalue weighted by atomic mass is 10.1. The van der Waals surface area contributed by atoms with E-state index in [1.54, 1.807) is 36.4 Å². The summed E-state index contributed by atoms with van der Waals surface area (Å²) < 4.78 is 0. The lowest BCUT2D eigenvalue weighted by molar-refractivity contribution is -0.384. The molecule has 0 atom stereocenters. The first-order valence-electron chi connectivity index (χ1n) is 6.80. The van der Waals surface area contributed by atoms with Gasteiger partial charge in [-0.2, -0.15) is 0 Å². The monoisotopic (exact) mass is 310 g/mol. The van der Waals surface area contributed by atoms with Crippen molar-refractivity contribution in [2.45, 2.75) is 6.92 Å². The van der Waals surface area contributed by atoms with E-state index in [-0.39, 0.29) is 17.4 Å². The van der Waals surface area contributed by atoms with Crippen LogP contribution in [-0.4, -0.2) is 16.6 Å². The average molecular weight is 310 g/mol. The van der Waals surface area contributed by atoms with Gasteiger partial charge >= 0.3 is 0 Å². The van der Waals surface area contributed by atoms with Crippen LogP contribution in [0.5, 0.6) is 0 Å². The van der Waals surface area contributed by atoms with Crippen LogP contribution in [0.1, 0.15) is 22.8 Å². The van der Waals surface area contributed by atoms with Crippen molar-refractivity contribution in [1.82, 2.24) is 0 Å². The summed E-state index contributed by atoms with van der Waals surface area (Å²) in [4.78, 5) is 33.2. The Morgan fingerprint density at radius 1 is 1.13 bits per heavy atom. The zero-order valence-electron chi connectivity index (χ0n) is 12.4. The van der Waals surface area contributed by atoms with Gasteiger partial charge in [-0.25, -0.2) is 0 Å². The predicted octanol–water partition coefficient (Wildman–Crippen LogP) is 3.45. The molecule has 6 heteroatoms. The van der Waals surface area contributed by atoms with E-state index in [9.17, 15) is 19.7 Å². The number of allylic oxidation sites excluding steroid dienone is 1. The number of hydrogen-bond acceptors (Lipinski definition) is 4. The summed E-state index contributed by atoms with van der Waals surface area (Å²) in [6, 6.07) is 12.5. The molecule has 0 aliphatic rings. The molecule has 0 saturated heterocycles. The number of non-ortho nitro benzene ring substituents is 1. The highest BCUT2D eigenvalue weighted by atomic mass is 16.6. The molecule has 0 unspecified atom stereocenters. The number of anilines is 1. The quantitative estimate of drug-likeness (QED) is 0.396. The lowest BCUT2D eigenvalue weighted by Gasteiger charge is -2.02. The number of ketones is 1. The van der Waals surface area contributed by atoms with Gasteiger partial charge in [0.1, 0.15) is 0 Å². The van der Waals surface area contributed by atoms with Gasteiger partial charge in [0.2, 0.25) is 5.91 Å². The van der Waals surface area contributed by atoms with Crippen LogP contribution in [0.2, 0.25) is 0 Å². The van der Waals surface area contributed by atoms with Gasteiger partial charge in [-0.3, -0.25) is 19.7 Å². The van der Waals surface area contributed by atoms with Crippen LogP contribution in [-0.2, 0) is 4.79 Å². The molecule has 0 heterocycles. The first-order valence-corrected chi connectivity index (χ1v) is 6.80. The zero-order valence-corrected chi connectivity index (χ0v) is 12.4. The normalized spacial score (nSPS) is 10.5. The number of rotatable bonds is 5. The van der Waals surface area contributed by atoms with Crippen molar-refractivity contribution >= 4 is 29.1 Å². The van der Waals surface area contributed by atoms with Crippen LogP contribution >= 0.6 is 0 Å². The fourth-order valence-corrected chi connectivity index (χ4v) is 1.93. The number of amides is 1. The van der Waals surface area contributed by atoms with Crippen LogP contribution < -0.4 is 5.32 Å². The summed E-state index contributed by atoms with van der Waals surface area (Å²) in [5.41, 5.74) is 1.61. The maximum absolute atomic E-state index is 12.1. The Bertz CT molecular complexity index is 779. The van der Waals surface area contributed by atoms with Crippen molar-refractivity contribution in [3.63, 3.8) is 0 Å². The fraction of sp³-hybridized carbons (Fsp3) is 0.0588. The summed E-state index contributed by atoms with van der Waals surface area (Å²) in [6.45, 7) is 1.40. The van der Waals surface area contributed by atoms with Crippen LogP contribution in [0, 0.1) is 10.1 Å². The average Bonchev–Trinajstić information content (AvgIpc) is 2.53. The van der Waals surface area contributed by atoms with Gasteiger partial charge in [0, 0.05) is 30.3 Å². The van der Waals surface area contributed by atoms with E-state index in [1.807, 2.05) is 0 Å². The summed E-state index contributed by atoms with van der Waals surface area (Å²) in [5.74, 6) is -0.416. The van der Waals surface area contributed by atoms with E-state index >= 15 is 0 Å². The second-order valence-corrected chi connectivity index (χ2v) is 4.81. The highest BCUT2D eigenvalue weighted by Crippen LogP contribution is 2.15. The molecular weight excluding hydrogens is 296 g/mol. The van der Waals surface area contributed by atoms with Crippen molar-refractivity contribution in [3.05, 3.63) is 75.8 Å². The minimum Gasteiger partial charge on any atom is -0.326 e. The zero-order chi connectivity index (χ0) is 16.8. The topological polar surface area (TPSA) is 89.3 Å². The third kappa shape index (κ3) is 4.60. The number of hydrogen-bond donors (Lipinski definition) is 1. The molecule has 0 fully saturated rings. The minimum absolute atomic E-state index is 0.0285. The summed E-state index contributed by atoms with van der Waals surface area (Å²) >= 11 is 0. The van der Waals surface area contributed by atoms with E-state index in [1.165, 1.54) is 31.2 Å². The smallest absolute Gasteiger partial charge is 0.270 e. The van der Waals surface area contributed by atoms with Crippen molar-refractivity contribution in [2.24, 2.45) is 0 Å². The standard InChI is InChI=1S/C17H14N2O4/c1-12(20)18-15-8-6-14(7-9-15)17(21)10-5-13-3-2-4-16(11-13)19(22)23/h2-11H,1H3,(H,18,20). The fourth-order valence-electron chi connectivity index (χ4n) is 1.93. The Labute approximate surface area is 132 Å². The molecule has 1 amide bonds. The van der Waals surface area contributed by atoms with Crippen LogP contribution in [0.4, 0.5) is 11.4 Å². The molecule has 0 aromatic heterocycles.